The largest absolute Gasteiger partial charge is 0.489 e. The number of ether oxygens (including phenoxy) is 1. The van der Waals surface area contributed by atoms with Crippen molar-refractivity contribution in [3.8, 4) is 5.75 Å². The third-order valence-corrected chi connectivity index (χ3v) is 4.72. The maximum Gasteiger partial charge on any atom is 0.339 e. The summed E-state index contributed by atoms with van der Waals surface area (Å²) in [6, 6.07) is 8.33. The number of carboxylic acid groups (broad SMARTS) is 1. The number of anilines is 1. The van der Waals surface area contributed by atoms with Crippen molar-refractivity contribution < 1.29 is 19.4 Å². The van der Waals surface area contributed by atoms with E-state index in [1.54, 1.807) is 23.1 Å². The minimum atomic E-state index is -1.07. The molecule has 3 rings (SSSR count). The normalized spacial score (nSPS) is 13.5. The van der Waals surface area contributed by atoms with Crippen molar-refractivity contribution in [3.63, 3.8) is 0 Å². The zero-order valence-corrected chi connectivity index (χ0v) is 13.1. The molecule has 0 unspecified atom stereocenters. The standard InChI is InChI=1S/C14H10BrNO4S/c15-11-5-4-10(21-11)13(17)16-6-7-20-12-8(14(18)19)2-1-3-9(12)16/h1-5H,6-7H2,(H,18,19). The van der Waals surface area contributed by atoms with Crippen LogP contribution in [0.4, 0.5) is 5.69 Å². The second-order valence-corrected chi connectivity index (χ2v) is 6.83. The lowest BCUT2D eigenvalue weighted by Gasteiger charge is -2.29. The fraction of sp³-hybridized carbons (Fsp3) is 0.143. The molecule has 1 aromatic carbocycles. The molecule has 0 spiro atoms. The molecule has 2 heterocycles. The fourth-order valence-electron chi connectivity index (χ4n) is 2.19. The number of carbonyl (C=O) groups excluding carboxylic acids is 1. The van der Waals surface area contributed by atoms with E-state index in [1.807, 2.05) is 6.07 Å². The average molecular weight is 368 g/mol. The van der Waals surface area contributed by atoms with E-state index in [-0.39, 0.29) is 23.8 Å². The molecule has 1 aliphatic rings. The van der Waals surface area contributed by atoms with Crippen LogP contribution in [0, 0.1) is 0 Å². The van der Waals surface area contributed by atoms with Crippen molar-refractivity contribution in [1.82, 2.24) is 0 Å². The Bertz CT molecular complexity index is 728. The number of halogens is 1. The van der Waals surface area contributed by atoms with Crippen LogP contribution >= 0.6 is 27.3 Å². The van der Waals surface area contributed by atoms with E-state index in [2.05, 4.69) is 15.9 Å². The number of para-hydroxylation sites is 1. The van der Waals surface area contributed by atoms with E-state index >= 15 is 0 Å². The van der Waals surface area contributed by atoms with Gasteiger partial charge in [-0.3, -0.25) is 4.79 Å². The third-order valence-electron chi connectivity index (χ3n) is 3.11. The average Bonchev–Trinajstić information content (AvgIpc) is 2.91. The Labute approximate surface area is 132 Å². The fourth-order valence-corrected chi connectivity index (χ4v) is 3.53. The van der Waals surface area contributed by atoms with E-state index in [1.165, 1.54) is 17.4 Å². The van der Waals surface area contributed by atoms with Gasteiger partial charge in [-0.15, -0.1) is 11.3 Å². The first kappa shape index (κ1) is 14.1. The van der Waals surface area contributed by atoms with Crippen molar-refractivity contribution in [2.45, 2.75) is 0 Å². The maximum absolute atomic E-state index is 12.6. The van der Waals surface area contributed by atoms with Gasteiger partial charge in [0, 0.05) is 0 Å². The Morgan fingerprint density at radius 1 is 1.29 bits per heavy atom. The van der Waals surface area contributed by atoms with Gasteiger partial charge in [-0.1, -0.05) is 6.07 Å². The number of carbonyl (C=O) groups is 2. The van der Waals surface area contributed by atoms with Gasteiger partial charge in [0.25, 0.3) is 5.91 Å². The third kappa shape index (κ3) is 2.54. The molecule has 0 fully saturated rings. The quantitative estimate of drug-likeness (QED) is 0.884. The van der Waals surface area contributed by atoms with Gasteiger partial charge in [0.05, 0.1) is 20.9 Å². The molecule has 2 aromatic rings. The first-order valence-corrected chi connectivity index (χ1v) is 7.75. The number of rotatable bonds is 2. The number of aromatic carboxylic acids is 1. The Balaban J connectivity index is 2.03. The summed E-state index contributed by atoms with van der Waals surface area (Å²) in [4.78, 5) is 26.0. The van der Waals surface area contributed by atoms with Gasteiger partial charge in [0.2, 0.25) is 0 Å². The number of amides is 1. The molecule has 1 N–H and O–H groups in total. The highest BCUT2D eigenvalue weighted by Gasteiger charge is 2.28. The summed E-state index contributed by atoms with van der Waals surface area (Å²) in [6.45, 7) is 0.667. The molecule has 7 heteroatoms. The van der Waals surface area contributed by atoms with E-state index in [0.717, 1.165) is 3.79 Å². The number of benzene rings is 1. The molecule has 21 heavy (non-hydrogen) atoms. The highest BCUT2D eigenvalue weighted by molar-refractivity contribution is 9.11. The molecule has 1 aliphatic heterocycles. The van der Waals surface area contributed by atoms with Gasteiger partial charge in [-0.05, 0) is 40.2 Å². The topological polar surface area (TPSA) is 66.8 Å². The van der Waals surface area contributed by atoms with Gasteiger partial charge in [0.1, 0.15) is 12.2 Å². The molecule has 0 aliphatic carbocycles. The number of carboxylic acids is 1. The number of hydrogen-bond donors (Lipinski definition) is 1. The summed E-state index contributed by atoms with van der Waals surface area (Å²) < 4.78 is 6.33. The van der Waals surface area contributed by atoms with Crippen LogP contribution in [-0.2, 0) is 0 Å². The van der Waals surface area contributed by atoms with E-state index in [9.17, 15) is 14.7 Å². The first-order valence-electron chi connectivity index (χ1n) is 6.14. The van der Waals surface area contributed by atoms with Gasteiger partial charge in [-0.2, -0.15) is 0 Å². The minimum Gasteiger partial charge on any atom is -0.489 e. The molecule has 0 bridgehead atoms. The van der Waals surface area contributed by atoms with Crippen LogP contribution in [-0.4, -0.2) is 30.1 Å². The van der Waals surface area contributed by atoms with Crippen LogP contribution in [0.25, 0.3) is 0 Å². The number of fused-ring (bicyclic) bond motifs is 1. The van der Waals surface area contributed by atoms with E-state index in [0.29, 0.717) is 17.1 Å². The highest BCUT2D eigenvalue weighted by atomic mass is 79.9. The SMILES string of the molecule is O=C(O)c1cccc2c1OCCN2C(=O)c1ccc(Br)s1. The minimum absolute atomic E-state index is 0.0670. The summed E-state index contributed by atoms with van der Waals surface area (Å²) in [5.41, 5.74) is 0.563. The first-order chi connectivity index (χ1) is 10.1. The second-order valence-electron chi connectivity index (χ2n) is 4.37. The van der Waals surface area contributed by atoms with Crippen LogP contribution in [0.5, 0.6) is 5.75 Å². The van der Waals surface area contributed by atoms with E-state index < -0.39 is 5.97 Å². The predicted octanol–water partition coefficient (Wildman–Crippen LogP) is 3.25. The molecule has 1 aromatic heterocycles. The van der Waals surface area contributed by atoms with Crippen LogP contribution in [0.15, 0.2) is 34.1 Å². The zero-order valence-electron chi connectivity index (χ0n) is 10.7. The smallest absolute Gasteiger partial charge is 0.339 e. The molecule has 0 saturated carbocycles. The summed E-state index contributed by atoms with van der Waals surface area (Å²) in [5, 5.41) is 9.20. The summed E-state index contributed by atoms with van der Waals surface area (Å²) >= 11 is 4.68. The van der Waals surface area contributed by atoms with Crippen molar-refractivity contribution in [2.75, 3.05) is 18.1 Å². The summed E-state index contributed by atoms with van der Waals surface area (Å²) in [7, 11) is 0. The Morgan fingerprint density at radius 2 is 2.10 bits per heavy atom. The van der Waals surface area contributed by atoms with Crippen LogP contribution in [0.3, 0.4) is 0 Å². The van der Waals surface area contributed by atoms with Gasteiger partial charge < -0.3 is 14.7 Å². The van der Waals surface area contributed by atoms with Crippen molar-refractivity contribution in [2.24, 2.45) is 0 Å². The lowest BCUT2D eigenvalue weighted by molar-refractivity contribution is 0.0690. The molecule has 1 amide bonds. The molecule has 0 saturated heterocycles. The molecule has 108 valence electrons. The molecular weight excluding hydrogens is 358 g/mol. The molecule has 0 radical (unpaired) electrons. The number of nitrogens with zero attached hydrogens (tertiary/aromatic N) is 1. The Morgan fingerprint density at radius 3 is 2.76 bits per heavy atom. The second kappa shape index (κ2) is 5.50. The highest BCUT2D eigenvalue weighted by Crippen LogP contribution is 2.36. The molecule has 5 nitrogen and oxygen atoms in total. The molecular formula is C14H10BrNO4S. The zero-order chi connectivity index (χ0) is 15.0. The van der Waals surface area contributed by atoms with Crippen molar-refractivity contribution in [1.29, 1.82) is 0 Å². The number of hydrogen-bond acceptors (Lipinski definition) is 4. The van der Waals surface area contributed by atoms with Crippen LogP contribution in [0.1, 0.15) is 20.0 Å². The summed E-state index contributed by atoms with van der Waals surface area (Å²) in [6.07, 6.45) is 0. The summed E-state index contributed by atoms with van der Waals surface area (Å²) in [5.74, 6) is -0.974. The predicted molar refractivity (Wildman–Crippen MR) is 82.6 cm³/mol. The number of thiophene rings is 1. The molecule has 0 atom stereocenters. The van der Waals surface area contributed by atoms with Crippen molar-refractivity contribution in [3.05, 3.63) is 44.6 Å². The van der Waals surface area contributed by atoms with Gasteiger partial charge >= 0.3 is 5.97 Å². The lowest BCUT2D eigenvalue weighted by Crippen LogP contribution is -2.38. The Hall–Kier alpha value is -1.86. The Kier molecular flexibility index (Phi) is 3.69. The van der Waals surface area contributed by atoms with E-state index in [4.69, 9.17) is 4.74 Å². The van der Waals surface area contributed by atoms with Crippen molar-refractivity contribution >= 4 is 44.8 Å². The van der Waals surface area contributed by atoms with Gasteiger partial charge in [-0.25, -0.2) is 4.79 Å². The lowest BCUT2D eigenvalue weighted by atomic mass is 10.1. The maximum atomic E-state index is 12.6. The monoisotopic (exact) mass is 367 g/mol. The van der Waals surface area contributed by atoms with Crippen LogP contribution < -0.4 is 9.64 Å². The van der Waals surface area contributed by atoms with Crippen LogP contribution in [0.2, 0.25) is 0 Å². The van der Waals surface area contributed by atoms with Gasteiger partial charge in [0.15, 0.2) is 5.75 Å².